The van der Waals surface area contributed by atoms with Crippen molar-refractivity contribution in [1.82, 2.24) is 0 Å². The molecule has 41 heavy (non-hydrogen) atoms. The van der Waals surface area contributed by atoms with Gasteiger partial charge in [0.25, 0.3) is 0 Å². The molecule has 1 aliphatic rings. The third kappa shape index (κ3) is 11.0. The first-order chi connectivity index (χ1) is 20.1. The minimum absolute atomic E-state index is 0.0436. The van der Waals surface area contributed by atoms with E-state index in [-0.39, 0.29) is 12.2 Å². The molecule has 5 heteroatoms. The molecule has 4 nitrogen and oxygen atoms in total. The van der Waals surface area contributed by atoms with Crippen LogP contribution < -0.4 is 4.74 Å². The number of rotatable bonds is 10. The molecule has 218 valence electrons. The molecule has 1 saturated heterocycles. The molecule has 0 aromatic heterocycles. The van der Waals surface area contributed by atoms with Gasteiger partial charge >= 0.3 is 0 Å². The van der Waals surface area contributed by atoms with Crippen LogP contribution in [0.4, 0.5) is 0 Å². The maximum atomic E-state index is 6.49. The maximum Gasteiger partial charge on any atom is 0.119 e. The van der Waals surface area contributed by atoms with Crippen LogP contribution in [0.1, 0.15) is 61.1 Å². The van der Waals surface area contributed by atoms with Crippen molar-refractivity contribution in [3.05, 3.63) is 136 Å². The van der Waals surface area contributed by atoms with Gasteiger partial charge in [-0.3, -0.25) is 0 Å². The fourth-order valence-corrected chi connectivity index (χ4v) is 4.68. The second kappa shape index (κ2) is 18.3. The van der Waals surface area contributed by atoms with E-state index in [0.717, 1.165) is 34.7 Å². The van der Waals surface area contributed by atoms with Crippen LogP contribution in [-0.4, -0.2) is 26.4 Å². The Kier molecular flexibility index (Phi) is 14.5. The van der Waals surface area contributed by atoms with Crippen molar-refractivity contribution in [1.29, 1.82) is 0 Å². The van der Waals surface area contributed by atoms with E-state index in [2.05, 4.69) is 36.4 Å². The Morgan fingerprint density at radius 2 is 1.41 bits per heavy atom. The standard InChI is InChI=1S/C26H27ClO3.C8H10O.C2H6/c1-2-28-23-11-8-19(9-12-23)14-22-15-21(10-13-25(22)27)26-16-24(18-30-26)29-17-20-6-4-3-5-7-20;1-9-7-8-5-3-2-4-6-8;1-2/h3-13,15,24,26H,2,14,16-18H2,1H3;2-6H,7H2,1H3;1-2H3. The number of halogens is 1. The Bertz CT molecular complexity index is 1250. The van der Waals surface area contributed by atoms with Gasteiger partial charge in [0.2, 0.25) is 0 Å². The number of hydrogen-bond acceptors (Lipinski definition) is 4. The van der Waals surface area contributed by atoms with Crippen LogP contribution in [0.3, 0.4) is 0 Å². The summed E-state index contributed by atoms with van der Waals surface area (Å²) in [4.78, 5) is 0. The summed E-state index contributed by atoms with van der Waals surface area (Å²) in [6.45, 7) is 8.60. The van der Waals surface area contributed by atoms with Crippen LogP contribution in [0, 0.1) is 0 Å². The van der Waals surface area contributed by atoms with Crippen LogP contribution in [0.5, 0.6) is 5.75 Å². The first kappa shape index (κ1) is 32.4. The molecule has 0 bridgehead atoms. The molecule has 1 fully saturated rings. The van der Waals surface area contributed by atoms with Crippen molar-refractivity contribution in [2.75, 3.05) is 20.3 Å². The van der Waals surface area contributed by atoms with Crippen molar-refractivity contribution >= 4 is 11.6 Å². The predicted molar refractivity (Wildman–Crippen MR) is 169 cm³/mol. The molecule has 0 saturated carbocycles. The monoisotopic (exact) mass is 574 g/mol. The first-order valence-corrected chi connectivity index (χ1v) is 14.8. The highest BCUT2D eigenvalue weighted by Crippen LogP contribution is 2.33. The lowest BCUT2D eigenvalue weighted by Gasteiger charge is -2.14. The van der Waals surface area contributed by atoms with Crippen molar-refractivity contribution < 1.29 is 18.9 Å². The lowest BCUT2D eigenvalue weighted by molar-refractivity contribution is 0.0275. The van der Waals surface area contributed by atoms with E-state index in [1.807, 2.05) is 87.5 Å². The molecule has 0 N–H and O–H groups in total. The molecular weight excluding hydrogens is 532 g/mol. The Balaban J connectivity index is 0.000000355. The second-order valence-corrected chi connectivity index (χ2v) is 9.91. The third-order valence-corrected chi connectivity index (χ3v) is 6.88. The largest absolute Gasteiger partial charge is 0.494 e. The molecule has 2 atom stereocenters. The fourth-order valence-electron chi connectivity index (χ4n) is 4.50. The summed E-state index contributed by atoms with van der Waals surface area (Å²) in [5.41, 5.74) is 5.88. The minimum atomic E-state index is 0.0436. The van der Waals surface area contributed by atoms with Crippen LogP contribution >= 0.6 is 11.6 Å². The number of ether oxygens (including phenoxy) is 4. The molecular formula is C36H43ClO4. The topological polar surface area (TPSA) is 36.9 Å². The number of hydrogen-bond donors (Lipinski definition) is 0. The van der Waals surface area contributed by atoms with Crippen LogP contribution in [-0.2, 0) is 33.8 Å². The number of benzene rings is 4. The average Bonchev–Trinajstić information content (AvgIpc) is 3.50. The van der Waals surface area contributed by atoms with Crippen molar-refractivity contribution in [3.63, 3.8) is 0 Å². The highest BCUT2D eigenvalue weighted by atomic mass is 35.5. The van der Waals surface area contributed by atoms with E-state index in [9.17, 15) is 0 Å². The van der Waals surface area contributed by atoms with Gasteiger partial charge in [0.05, 0.1) is 38.6 Å². The van der Waals surface area contributed by atoms with Crippen LogP contribution in [0.25, 0.3) is 0 Å². The third-order valence-electron chi connectivity index (χ3n) is 6.51. The molecule has 2 unspecified atom stereocenters. The van der Waals surface area contributed by atoms with E-state index in [1.54, 1.807) is 7.11 Å². The van der Waals surface area contributed by atoms with E-state index in [1.165, 1.54) is 16.7 Å². The zero-order valence-corrected chi connectivity index (χ0v) is 25.5. The van der Waals surface area contributed by atoms with Gasteiger partial charge in [0.15, 0.2) is 0 Å². The molecule has 1 heterocycles. The van der Waals surface area contributed by atoms with Gasteiger partial charge in [-0.25, -0.2) is 0 Å². The van der Waals surface area contributed by atoms with E-state index >= 15 is 0 Å². The van der Waals surface area contributed by atoms with E-state index < -0.39 is 0 Å². The van der Waals surface area contributed by atoms with Crippen LogP contribution in [0.2, 0.25) is 5.02 Å². The molecule has 1 aliphatic heterocycles. The van der Waals surface area contributed by atoms with Gasteiger partial charge in [0, 0.05) is 18.6 Å². The predicted octanol–water partition coefficient (Wildman–Crippen LogP) is 9.24. The smallest absolute Gasteiger partial charge is 0.119 e. The molecule has 0 spiro atoms. The summed E-state index contributed by atoms with van der Waals surface area (Å²) in [5.74, 6) is 0.891. The quantitative estimate of drug-likeness (QED) is 0.189. The number of methoxy groups -OCH3 is 1. The van der Waals surface area contributed by atoms with E-state index in [0.29, 0.717) is 26.4 Å². The minimum Gasteiger partial charge on any atom is -0.494 e. The summed E-state index contributed by atoms with van der Waals surface area (Å²) in [7, 11) is 1.70. The summed E-state index contributed by atoms with van der Waals surface area (Å²) in [6.07, 6.45) is 1.79. The summed E-state index contributed by atoms with van der Waals surface area (Å²) in [5, 5.41) is 0.780. The molecule has 4 aromatic carbocycles. The SMILES string of the molecule is CC.CCOc1ccc(Cc2cc(C3CC(OCc4ccccc4)CO3)ccc2Cl)cc1.COCc1ccccc1. The highest BCUT2D eigenvalue weighted by molar-refractivity contribution is 6.31. The van der Waals surface area contributed by atoms with Gasteiger partial charge in [-0.15, -0.1) is 0 Å². The van der Waals surface area contributed by atoms with Crippen LogP contribution in [0.15, 0.2) is 103 Å². The van der Waals surface area contributed by atoms with Gasteiger partial charge in [0.1, 0.15) is 5.75 Å². The van der Waals surface area contributed by atoms with E-state index in [4.69, 9.17) is 30.5 Å². The summed E-state index contributed by atoms with van der Waals surface area (Å²) < 4.78 is 22.6. The Morgan fingerprint density at radius 3 is 2.02 bits per heavy atom. The van der Waals surface area contributed by atoms with Crippen molar-refractivity contribution in [2.24, 2.45) is 0 Å². The second-order valence-electron chi connectivity index (χ2n) is 9.50. The normalized spacial score (nSPS) is 15.7. The lowest BCUT2D eigenvalue weighted by Crippen LogP contribution is -2.12. The molecule has 4 aromatic rings. The molecule has 0 amide bonds. The Labute approximate surface area is 251 Å². The average molecular weight is 575 g/mol. The Morgan fingerprint density at radius 1 is 0.780 bits per heavy atom. The van der Waals surface area contributed by atoms with Crippen molar-refractivity contribution in [3.8, 4) is 5.75 Å². The van der Waals surface area contributed by atoms with Crippen molar-refractivity contribution in [2.45, 2.75) is 59.0 Å². The first-order valence-electron chi connectivity index (χ1n) is 14.4. The molecule has 0 radical (unpaired) electrons. The Hall–Kier alpha value is -3.15. The maximum absolute atomic E-state index is 6.49. The molecule has 5 rings (SSSR count). The van der Waals surface area contributed by atoms with Gasteiger partial charge in [-0.1, -0.05) is 110 Å². The zero-order chi connectivity index (χ0) is 29.3. The van der Waals surface area contributed by atoms with Gasteiger partial charge in [-0.05, 0) is 59.4 Å². The van der Waals surface area contributed by atoms with Gasteiger partial charge < -0.3 is 18.9 Å². The van der Waals surface area contributed by atoms with Gasteiger partial charge in [-0.2, -0.15) is 0 Å². The fraction of sp³-hybridized carbons (Fsp3) is 0.333. The summed E-state index contributed by atoms with van der Waals surface area (Å²) in [6, 6.07) is 34.8. The summed E-state index contributed by atoms with van der Waals surface area (Å²) >= 11 is 6.49. The highest BCUT2D eigenvalue weighted by Gasteiger charge is 2.27. The zero-order valence-electron chi connectivity index (χ0n) is 24.7. The molecule has 0 aliphatic carbocycles. The lowest BCUT2D eigenvalue weighted by atomic mass is 9.99.